The van der Waals surface area contributed by atoms with Crippen molar-refractivity contribution in [1.29, 1.82) is 0 Å². The molecule has 0 radical (unpaired) electrons. The highest BCUT2D eigenvalue weighted by Crippen LogP contribution is 2.34. The molecule has 0 heterocycles. The van der Waals surface area contributed by atoms with E-state index in [-0.39, 0.29) is 10.7 Å². The third kappa shape index (κ3) is 2.33. The molecule has 0 unspecified atom stereocenters. The molecule has 3 nitrogen and oxygen atoms in total. The predicted molar refractivity (Wildman–Crippen MR) is 49.4 cm³/mol. The second kappa shape index (κ2) is 3.62. The number of amides is 1. The topological polar surface area (TPSA) is 69.1 Å². The Morgan fingerprint density at radius 2 is 1.87 bits per heavy atom. The molecule has 7 heteroatoms. The van der Waals surface area contributed by atoms with E-state index in [0.717, 1.165) is 0 Å². The fourth-order valence-corrected chi connectivity index (χ4v) is 1.19. The van der Waals surface area contributed by atoms with E-state index in [2.05, 4.69) is 0 Å². The van der Waals surface area contributed by atoms with Crippen LogP contribution in [0.3, 0.4) is 0 Å². The number of benzene rings is 1. The molecule has 0 aliphatic heterocycles. The number of nitrogen functional groups attached to an aromatic ring is 1. The molecule has 0 atom stereocenters. The first-order chi connectivity index (χ1) is 6.73. The molecular formula is C8H6ClF3N2O. The van der Waals surface area contributed by atoms with Gasteiger partial charge in [-0.1, -0.05) is 11.6 Å². The summed E-state index contributed by atoms with van der Waals surface area (Å²) in [6, 6.07) is 1.22. The van der Waals surface area contributed by atoms with Gasteiger partial charge >= 0.3 is 6.18 Å². The maximum atomic E-state index is 12.3. The smallest absolute Gasteiger partial charge is 0.397 e. The summed E-state index contributed by atoms with van der Waals surface area (Å²) in [4.78, 5) is 10.8. The van der Waals surface area contributed by atoms with Crippen LogP contribution < -0.4 is 11.5 Å². The highest BCUT2D eigenvalue weighted by Gasteiger charge is 2.32. The Labute approximate surface area is 87.8 Å². The van der Waals surface area contributed by atoms with Crippen molar-refractivity contribution in [3.05, 3.63) is 28.3 Å². The van der Waals surface area contributed by atoms with E-state index in [1.807, 2.05) is 0 Å². The summed E-state index contributed by atoms with van der Waals surface area (Å²) in [6.45, 7) is 0. The second-order valence-corrected chi connectivity index (χ2v) is 3.17. The van der Waals surface area contributed by atoms with Gasteiger partial charge in [-0.2, -0.15) is 13.2 Å². The van der Waals surface area contributed by atoms with Gasteiger partial charge in [0, 0.05) is 0 Å². The molecule has 0 saturated heterocycles. The van der Waals surface area contributed by atoms with Gasteiger partial charge in [-0.3, -0.25) is 4.79 Å². The van der Waals surface area contributed by atoms with Crippen LogP contribution in [-0.2, 0) is 6.18 Å². The molecule has 0 fully saturated rings. The summed E-state index contributed by atoms with van der Waals surface area (Å²) in [7, 11) is 0. The van der Waals surface area contributed by atoms with Crippen LogP contribution in [0.2, 0.25) is 5.02 Å². The molecule has 0 spiro atoms. The van der Waals surface area contributed by atoms with Crippen molar-refractivity contribution >= 4 is 23.2 Å². The normalized spacial score (nSPS) is 11.5. The summed E-state index contributed by atoms with van der Waals surface area (Å²) in [5, 5.41) is -0.268. The van der Waals surface area contributed by atoms with Gasteiger partial charge in [-0.15, -0.1) is 0 Å². The van der Waals surface area contributed by atoms with Gasteiger partial charge in [0.2, 0.25) is 5.91 Å². The summed E-state index contributed by atoms with van der Waals surface area (Å²) >= 11 is 5.52. The third-order valence-corrected chi connectivity index (χ3v) is 2.12. The first-order valence-corrected chi connectivity index (χ1v) is 4.07. The summed E-state index contributed by atoms with van der Waals surface area (Å²) in [6.07, 6.45) is -4.59. The van der Waals surface area contributed by atoms with Crippen LogP contribution >= 0.6 is 11.6 Å². The van der Waals surface area contributed by atoms with Gasteiger partial charge in [0.05, 0.1) is 21.8 Å². The van der Waals surface area contributed by atoms with E-state index in [4.69, 9.17) is 23.1 Å². The molecule has 15 heavy (non-hydrogen) atoms. The summed E-state index contributed by atoms with van der Waals surface area (Å²) < 4.78 is 36.9. The maximum Gasteiger partial charge on any atom is 0.416 e. The van der Waals surface area contributed by atoms with Gasteiger partial charge in [-0.05, 0) is 12.1 Å². The predicted octanol–water partition coefficient (Wildman–Crippen LogP) is 2.04. The lowest BCUT2D eigenvalue weighted by molar-refractivity contribution is -0.137. The first kappa shape index (κ1) is 11.6. The molecule has 4 N–H and O–H groups in total. The first-order valence-electron chi connectivity index (χ1n) is 3.69. The Morgan fingerprint density at radius 1 is 1.33 bits per heavy atom. The standard InChI is InChI=1S/C8H6ClF3N2O/c9-6-4(7(14)15)1-3(2-5(6)13)8(10,11)12/h1-2H,13H2,(H2,14,15). The summed E-state index contributed by atoms with van der Waals surface area (Å²) in [5.74, 6) is -1.06. The minimum absolute atomic E-state index is 0.268. The SMILES string of the molecule is NC(=O)c1cc(C(F)(F)F)cc(N)c1Cl. The van der Waals surface area contributed by atoms with Gasteiger partial charge in [-0.25, -0.2) is 0 Å². The zero-order chi connectivity index (χ0) is 11.8. The van der Waals surface area contributed by atoms with E-state index in [9.17, 15) is 18.0 Å². The summed E-state index contributed by atoms with van der Waals surface area (Å²) in [5.41, 5.74) is 8.23. The Bertz CT molecular complexity index is 417. The molecule has 1 aromatic carbocycles. The molecule has 0 saturated carbocycles. The largest absolute Gasteiger partial charge is 0.416 e. The van der Waals surface area contributed by atoms with Crippen molar-refractivity contribution in [2.45, 2.75) is 6.18 Å². The number of halogens is 4. The van der Waals surface area contributed by atoms with Crippen LogP contribution in [0.4, 0.5) is 18.9 Å². The van der Waals surface area contributed by atoms with Crippen LogP contribution in [0.25, 0.3) is 0 Å². The van der Waals surface area contributed by atoms with Crippen LogP contribution in [0.1, 0.15) is 15.9 Å². The van der Waals surface area contributed by atoms with Crippen LogP contribution in [-0.4, -0.2) is 5.91 Å². The lowest BCUT2D eigenvalue weighted by Crippen LogP contribution is -2.15. The lowest BCUT2D eigenvalue weighted by Gasteiger charge is -2.10. The molecule has 0 aromatic heterocycles. The fourth-order valence-electron chi connectivity index (χ4n) is 0.990. The number of carbonyl (C=O) groups is 1. The van der Waals surface area contributed by atoms with Gasteiger partial charge in [0.15, 0.2) is 0 Å². The second-order valence-electron chi connectivity index (χ2n) is 2.79. The fraction of sp³-hybridized carbons (Fsp3) is 0.125. The Hall–Kier alpha value is -1.43. The Balaban J connectivity index is 3.43. The number of anilines is 1. The highest BCUT2D eigenvalue weighted by molar-refractivity contribution is 6.36. The van der Waals surface area contributed by atoms with Crippen molar-refractivity contribution in [2.24, 2.45) is 5.73 Å². The molecule has 1 aromatic rings. The Morgan fingerprint density at radius 3 is 2.27 bits per heavy atom. The van der Waals surface area contributed by atoms with Crippen LogP contribution in [0.15, 0.2) is 12.1 Å². The molecule has 82 valence electrons. The van der Waals surface area contributed by atoms with Crippen molar-refractivity contribution in [1.82, 2.24) is 0 Å². The van der Waals surface area contributed by atoms with E-state index in [1.165, 1.54) is 0 Å². The van der Waals surface area contributed by atoms with Gasteiger partial charge in [0.25, 0.3) is 0 Å². The van der Waals surface area contributed by atoms with Crippen molar-refractivity contribution in [2.75, 3.05) is 5.73 Å². The number of hydrogen-bond acceptors (Lipinski definition) is 2. The maximum absolute atomic E-state index is 12.3. The third-order valence-electron chi connectivity index (χ3n) is 1.69. The van der Waals surface area contributed by atoms with Gasteiger partial charge < -0.3 is 11.5 Å². The molecular weight excluding hydrogens is 233 g/mol. The van der Waals surface area contributed by atoms with E-state index in [0.29, 0.717) is 12.1 Å². The average molecular weight is 239 g/mol. The minimum atomic E-state index is -4.59. The molecule has 0 bridgehead atoms. The number of nitrogens with two attached hydrogens (primary N) is 2. The average Bonchev–Trinajstić information content (AvgIpc) is 2.06. The van der Waals surface area contributed by atoms with E-state index in [1.54, 1.807) is 0 Å². The van der Waals surface area contributed by atoms with Crippen molar-refractivity contribution in [3.63, 3.8) is 0 Å². The molecule has 0 aliphatic rings. The lowest BCUT2D eigenvalue weighted by atomic mass is 10.1. The quantitative estimate of drug-likeness (QED) is 0.735. The van der Waals surface area contributed by atoms with Crippen molar-refractivity contribution in [3.8, 4) is 0 Å². The van der Waals surface area contributed by atoms with Crippen LogP contribution in [0, 0.1) is 0 Å². The number of alkyl halides is 3. The molecule has 1 amide bonds. The molecule has 1 rings (SSSR count). The number of primary amides is 1. The van der Waals surface area contributed by atoms with E-state index < -0.39 is 23.2 Å². The number of rotatable bonds is 1. The monoisotopic (exact) mass is 238 g/mol. The zero-order valence-corrected chi connectivity index (χ0v) is 7.99. The number of carbonyl (C=O) groups excluding carboxylic acids is 1. The van der Waals surface area contributed by atoms with E-state index >= 15 is 0 Å². The van der Waals surface area contributed by atoms with Crippen LogP contribution in [0.5, 0.6) is 0 Å². The van der Waals surface area contributed by atoms with Gasteiger partial charge in [0.1, 0.15) is 0 Å². The number of hydrogen-bond donors (Lipinski definition) is 2. The highest BCUT2D eigenvalue weighted by atomic mass is 35.5. The molecule has 0 aliphatic carbocycles. The van der Waals surface area contributed by atoms with Crippen molar-refractivity contribution < 1.29 is 18.0 Å². The zero-order valence-electron chi connectivity index (χ0n) is 7.23. The minimum Gasteiger partial charge on any atom is -0.397 e. The Kier molecular flexibility index (Phi) is 2.81.